The van der Waals surface area contributed by atoms with Gasteiger partial charge in [-0.2, -0.15) is 0 Å². The van der Waals surface area contributed by atoms with Gasteiger partial charge in [-0.1, -0.05) is 29.5 Å². The van der Waals surface area contributed by atoms with Crippen LogP contribution in [-0.2, 0) is 11.8 Å². The molecule has 0 aromatic heterocycles. The molecule has 3 heteroatoms. The molecule has 1 aromatic rings. The van der Waals surface area contributed by atoms with Crippen molar-refractivity contribution in [3.8, 4) is 0 Å². The number of rotatable bonds is 2. The summed E-state index contributed by atoms with van der Waals surface area (Å²) in [6, 6.07) is 2.42. The van der Waals surface area contributed by atoms with Gasteiger partial charge in [-0.3, -0.25) is 4.79 Å². The number of benzene rings is 1. The van der Waals surface area contributed by atoms with Crippen molar-refractivity contribution < 1.29 is 4.79 Å². The van der Waals surface area contributed by atoms with Crippen LogP contribution in [0.25, 0.3) is 0 Å². The molecule has 1 aromatic carbocycles. The smallest absolute Gasteiger partial charge is 0.194 e. The van der Waals surface area contributed by atoms with Crippen LogP contribution < -0.4 is 0 Å². The minimum Gasteiger partial charge on any atom is -0.288 e. The van der Waals surface area contributed by atoms with Crippen molar-refractivity contribution in [1.82, 2.24) is 0 Å². The van der Waals surface area contributed by atoms with E-state index in [0.29, 0.717) is 16.8 Å². The van der Waals surface area contributed by atoms with Crippen LogP contribution in [0.2, 0.25) is 0 Å². The van der Waals surface area contributed by atoms with Crippen molar-refractivity contribution in [3.63, 3.8) is 0 Å². The van der Waals surface area contributed by atoms with Crippen molar-refractivity contribution in [1.29, 1.82) is 0 Å². The van der Waals surface area contributed by atoms with E-state index in [1.807, 2.05) is 0 Å². The predicted octanol–water partition coefficient (Wildman–Crippen LogP) is 4.56. The minimum absolute atomic E-state index is 0.350. The minimum atomic E-state index is -1.83. The standard InChI is InChI=1S/C16H21OPS/c1-10-8-11(2)15(12(3)9-10)16(17)18(19)13-4-5-14(18)7-6-13/h8-9,13-14H,4-7H2,1-3H3. The van der Waals surface area contributed by atoms with E-state index in [9.17, 15) is 4.79 Å². The monoisotopic (exact) mass is 292 g/mol. The summed E-state index contributed by atoms with van der Waals surface area (Å²) >= 11 is 5.99. The number of hydrogen-bond acceptors (Lipinski definition) is 2. The third kappa shape index (κ3) is 1.87. The average Bonchev–Trinajstić information content (AvgIpc) is 2.82. The molecule has 0 amide bonds. The van der Waals surface area contributed by atoms with Crippen LogP contribution in [-0.4, -0.2) is 16.8 Å². The van der Waals surface area contributed by atoms with E-state index >= 15 is 0 Å². The lowest BCUT2D eigenvalue weighted by molar-refractivity contribution is 0.108. The Morgan fingerprint density at radius 2 is 1.47 bits per heavy atom. The second kappa shape index (κ2) is 4.53. The van der Waals surface area contributed by atoms with Crippen molar-refractivity contribution in [3.05, 3.63) is 34.4 Å². The third-order valence-corrected chi connectivity index (χ3v) is 11.3. The molecule has 0 spiro atoms. The van der Waals surface area contributed by atoms with E-state index in [1.54, 1.807) is 0 Å². The Hall–Kier alpha value is -0.460. The zero-order valence-corrected chi connectivity index (χ0v) is 13.6. The second-order valence-electron chi connectivity index (χ2n) is 6.25. The number of aryl methyl sites for hydroxylation is 3. The number of carbonyl (C=O) groups excluding carboxylic acids is 1. The van der Waals surface area contributed by atoms with Gasteiger partial charge in [-0.25, -0.2) is 0 Å². The molecule has 2 saturated heterocycles. The van der Waals surface area contributed by atoms with E-state index in [2.05, 4.69) is 32.9 Å². The van der Waals surface area contributed by atoms with E-state index in [0.717, 1.165) is 16.7 Å². The van der Waals surface area contributed by atoms with Gasteiger partial charge in [-0.05, 0) is 68.9 Å². The highest BCUT2D eigenvalue weighted by atomic mass is 32.4. The molecule has 0 N–H and O–H groups in total. The molecule has 102 valence electrons. The fourth-order valence-electron chi connectivity index (χ4n) is 4.15. The first-order chi connectivity index (χ1) is 8.94. The lowest BCUT2D eigenvalue weighted by Crippen LogP contribution is -2.12. The molecule has 0 unspecified atom stereocenters. The van der Waals surface area contributed by atoms with E-state index in [-0.39, 0.29) is 0 Å². The van der Waals surface area contributed by atoms with Crippen LogP contribution in [0, 0.1) is 20.8 Å². The lowest BCUT2D eigenvalue weighted by Gasteiger charge is -2.22. The number of fused-ring (bicyclic) bond motifs is 2. The van der Waals surface area contributed by atoms with Gasteiger partial charge in [0.1, 0.15) is 0 Å². The van der Waals surface area contributed by atoms with Gasteiger partial charge in [0, 0.05) is 11.6 Å². The molecule has 2 heterocycles. The van der Waals surface area contributed by atoms with Crippen molar-refractivity contribution >= 4 is 23.4 Å². The quantitative estimate of drug-likeness (QED) is 0.743. The van der Waals surface area contributed by atoms with Crippen LogP contribution in [0.5, 0.6) is 0 Å². The Morgan fingerprint density at radius 3 is 1.89 bits per heavy atom. The molecule has 0 saturated carbocycles. The first-order valence-corrected chi connectivity index (χ1v) is 10.1. The van der Waals surface area contributed by atoms with Crippen LogP contribution >= 0.6 is 6.04 Å². The normalized spacial score (nSPS) is 32.8. The van der Waals surface area contributed by atoms with Crippen molar-refractivity contribution in [2.24, 2.45) is 0 Å². The maximum atomic E-state index is 13.1. The Labute approximate surface area is 120 Å². The zero-order chi connectivity index (χ0) is 13.8. The summed E-state index contributed by atoms with van der Waals surface area (Å²) in [4.78, 5) is 13.1. The van der Waals surface area contributed by atoms with Crippen molar-refractivity contribution in [2.75, 3.05) is 0 Å². The maximum absolute atomic E-state index is 13.1. The van der Waals surface area contributed by atoms with E-state index in [4.69, 9.17) is 11.8 Å². The largest absolute Gasteiger partial charge is 0.288 e. The SMILES string of the molecule is Cc1cc(C)c(C(=O)P2(=S)C3CCC2CC3)c(C)c1. The van der Waals surface area contributed by atoms with Gasteiger partial charge < -0.3 is 0 Å². The summed E-state index contributed by atoms with van der Waals surface area (Å²) in [5, 5.41) is 0. The Bertz CT molecular complexity index is 558. The fraction of sp³-hybridized carbons (Fsp3) is 0.562. The highest BCUT2D eigenvalue weighted by molar-refractivity contribution is 8.23. The van der Waals surface area contributed by atoms with Crippen LogP contribution in [0.3, 0.4) is 0 Å². The molecule has 2 bridgehead atoms. The lowest BCUT2D eigenvalue weighted by atomic mass is 10.0. The molecular formula is C16H21OPS. The first kappa shape index (κ1) is 13.5. The van der Waals surface area contributed by atoms with Gasteiger partial charge in [0.05, 0.1) is 0 Å². The Balaban J connectivity index is 2.09. The summed E-state index contributed by atoms with van der Waals surface area (Å²) in [6.07, 6.45) is 4.82. The summed E-state index contributed by atoms with van der Waals surface area (Å²) in [6.45, 7) is 6.21. The third-order valence-electron chi connectivity index (χ3n) is 4.96. The molecule has 2 aliphatic heterocycles. The van der Waals surface area contributed by atoms with Crippen LogP contribution in [0.4, 0.5) is 0 Å². The molecule has 19 heavy (non-hydrogen) atoms. The highest BCUT2D eigenvalue weighted by Gasteiger charge is 2.51. The summed E-state index contributed by atoms with van der Waals surface area (Å²) in [7, 11) is 0. The maximum Gasteiger partial charge on any atom is 0.194 e. The predicted molar refractivity (Wildman–Crippen MR) is 85.3 cm³/mol. The van der Waals surface area contributed by atoms with Crippen LogP contribution in [0.15, 0.2) is 12.1 Å². The number of hydrogen-bond donors (Lipinski definition) is 0. The second-order valence-corrected chi connectivity index (χ2v) is 11.3. The Morgan fingerprint density at radius 1 is 1.05 bits per heavy atom. The van der Waals surface area contributed by atoms with Gasteiger partial charge in [-0.15, -0.1) is 0 Å². The van der Waals surface area contributed by atoms with Gasteiger partial charge in [0.15, 0.2) is 5.52 Å². The van der Waals surface area contributed by atoms with Gasteiger partial charge >= 0.3 is 0 Å². The van der Waals surface area contributed by atoms with E-state index in [1.165, 1.54) is 31.2 Å². The Kier molecular flexibility index (Phi) is 3.22. The van der Waals surface area contributed by atoms with E-state index < -0.39 is 6.04 Å². The molecule has 0 radical (unpaired) electrons. The van der Waals surface area contributed by atoms with Crippen molar-refractivity contribution in [2.45, 2.75) is 57.8 Å². The average molecular weight is 292 g/mol. The van der Waals surface area contributed by atoms with Gasteiger partial charge in [0.25, 0.3) is 0 Å². The molecule has 3 rings (SSSR count). The summed E-state index contributed by atoms with van der Waals surface area (Å²) < 4.78 is 0. The zero-order valence-electron chi connectivity index (χ0n) is 11.9. The highest BCUT2D eigenvalue weighted by Crippen LogP contribution is 2.72. The molecule has 0 atom stereocenters. The van der Waals surface area contributed by atoms with Gasteiger partial charge in [0.2, 0.25) is 0 Å². The molecular weight excluding hydrogens is 271 g/mol. The van der Waals surface area contributed by atoms with Crippen LogP contribution in [0.1, 0.15) is 52.7 Å². The molecule has 2 fully saturated rings. The summed E-state index contributed by atoms with van der Waals surface area (Å²) in [5.41, 5.74) is 5.89. The first-order valence-electron chi connectivity index (χ1n) is 7.16. The topological polar surface area (TPSA) is 17.1 Å². The molecule has 1 nitrogen and oxygen atoms in total. The molecule has 0 aliphatic carbocycles. The fourth-order valence-corrected chi connectivity index (χ4v) is 9.78. The number of carbonyl (C=O) groups is 1. The molecule has 2 aliphatic rings. The summed E-state index contributed by atoms with van der Waals surface area (Å²) in [5.74, 6) is 0.